The summed E-state index contributed by atoms with van der Waals surface area (Å²) in [4.78, 5) is 6.91. The number of rotatable bonds is 5. The van der Waals surface area contributed by atoms with Crippen molar-refractivity contribution in [3.63, 3.8) is 0 Å². The lowest BCUT2D eigenvalue weighted by molar-refractivity contribution is 0.0255. The molecular formula is C17H22N4O. The van der Waals surface area contributed by atoms with Gasteiger partial charge in [-0.15, -0.1) is 0 Å². The molecule has 0 bridgehead atoms. The normalized spacial score (nSPS) is 22.3. The van der Waals surface area contributed by atoms with E-state index in [9.17, 15) is 0 Å². The zero-order chi connectivity index (χ0) is 14.8. The lowest BCUT2D eigenvalue weighted by Gasteiger charge is -2.42. The number of nitrogens with zero attached hydrogens (tertiary/aromatic N) is 4. The van der Waals surface area contributed by atoms with Crippen molar-refractivity contribution in [1.29, 1.82) is 0 Å². The van der Waals surface area contributed by atoms with Crippen molar-refractivity contribution in [2.75, 3.05) is 13.2 Å². The number of pyridine rings is 1. The zero-order valence-electron chi connectivity index (χ0n) is 12.8. The summed E-state index contributed by atoms with van der Waals surface area (Å²) in [5, 5.41) is 4.50. The summed E-state index contributed by atoms with van der Waals surface area (Å²) >= 11 is 0. The van der Waals surface area contributed by atoms with Gasteiger partial charge < -0.3 is 4.74 Å². The summed E-state index contributed by atoms with van der Waals surface area (Å²) in [6, 6.07) is 9.13. The third-order valence-corrected chi connectivity index (χ3v) is 4.79. The second-order valence-corrected chi connectivity index (χ2v) is 6.27. The summed E-state index contributed by atoms with van der Waals surface area (Å²) in [7, 11) is 0. The van der Waals surface area contributed by atoms with Crippen LogP contribution in [0.4, 0.5) is 0 Å². The van der Waals surface area contributed by atoms with E-state index in [-0.39, 0.29) is 0 Å². The Labute approximate surface area is 130 Å². The number of aromatic nitrogens is 3. The van der Waals surface area contributed by atoms with Crippen molar-refractivity contribution >= 4 is 0 Å². The van der Waals surface area contributed by atoms with Gasteiger partial charge in [0.2, 0.25) is 0 Å². The van der Waals surface area contributed by atoms with Crippen LogP contribution in [0.25, 0.3) is 0 Å². The molecule has 2 aromatic rings. The zero-order valence-corrected chi connectivity index (χ0v) is 12.8. The fourth-order valence-corrected chi connectivity index (χ4v) is 3.35. The molecule has 0 spiro atoms. The molecule has 5 nitrogen and oxygen atoms in total. The van der Waals surface area contributed by atoms with Crippen LogP contribution in [0.15, 0.2) is 36.7 Å². The third kappa shape index (κ3) is 2.78. The van der Waals surface area contributed by atoms with E-state index in [0.29, 0.717) is 19.3 Å². The van der Waals surface area contributed by atoms with Crippen LogP contribution >= 0.6 is 0 Å². The van der Waals surface area contributed by atoms with Gasteiger partial charge in [0.1, 0.15) is 0 Å². The molecule has 2 aromatic heterocycles. The van der Waals surface area contributed by atoms with E-state index in [2.05, 4.69) is 25.7 Å². The Hall–Kier alpha value is -1.72. The van der Waals surface area contributed by atoms with Crippen LogP contribution in [0.3, 0.4) is 0 Å². The molecule has 0 radical (unpaired) electrons. The molecule has 1 atom stereocenters. The van der Waals surface area contributed by atoms with Crippen molar-refractivity contribution in [2.24, 2.45) is 0 Å². The van der Waals surface area contributed by atoms with Crippen molar-refractivity contribution in [3.8, 4) is 0 Å². The third-order valence-electron chi connectivity index (χ3n) is 4.79. The second kappa shape index (κ2) is 6.18. The highest BCUT2D eigenvalue weighted by molar-refractivity contribution is 5.07. The van der Waals surface area contributed by atoms with Crippen LogP contribution in [0, 0.1) is 0 Å². The highest BCUT2D eigenvalue weighted by Gasteiger charge is 2.32. The minimum atomic E-state index is 0.308. The topological polar surface area (TPSA) is 43.2 Å². The standard InChI is InChI=1S/C17H22N4O/c1-2-8-18-14(4-1)12-22-13-17-11-20(15-5-3-6-15)10-16-7-9-19-21(16)17/h1-2,4,7-9,15,17H,3,5-6,10-13H2/t17-/m0/s1. The van der Waals surface area contributed by atoms with Gasteiger partial charge >= 0.3 is 0 Å². The van der Waals surface area contributed by atoms with Gasteiger partial charge in [0.05, 0.1) is 30.6 Å². The molecule has 4 rings (SSSR count). The minimum absolute atomic E-state index is 0.308. The maximum atomic E-state index is 5.92. The molecule has 1 fully saturated rings. The number of hydrogen-bond acceptors (Lipinski definition) is 4. The Morgan fingerprint density at radius 1 is 1.18 bits per heavy atom. The fraction of sp³-hybridized carbons (Fsp3) is 0.529. The summed E-state index contributed by atoms with van der Waals surface area (Å²) in [6.45, 7) is 3.33. The molecule has 0 saturated heterocycles. The van der Waals surface area contributed by atoms with E-state index >= 15 is 0 Å². The number of fused-ring (bicyclic) bond motifs is 1. The predicted octanol–water partition coefficient (Wildman–Crippen LogP) is 2.40. The first-order chi connectivity index (χ1) is 10.9. The van der Waals surface area contributed by atoms with E-state index in [1.54, 1.807) is 0 Å². The summed E-state index contributed by atoms with van der Waals surface area (Å²) in [5.41, 5.74) is 2.29. The van der Waals surface area contributed by atoms with Crippen LogP contribution in [-0.4, -0.2) is 38.9 Å². The largest absolute Gasteiger partial charge is 0.373 e. The van der Waals surface area contributed by atoms with Crippen molar-refractivity contribution < 1.29 is 4.74 Å². The first kappa shape index (κ1) is 13.9. The molecule has 0 amide bonds. The molecule has 0 aromatic carbocycles. The van der Waals surface area contributed by atoms with E-state index in [0.717, 1.165) is 24.8 Å². The van der Waals surface area contributed by atoms with Crippen LogP contribution < -0.4 is 0 Å². The van der Waals surface area contributed by atoms with Gasteiger partial charge in [-0.25, -0.2) is 0 Å². The Balaban J connectivity index is 1.39. The lowest BCUT2D eigenvalue weighted by Crippen LogP contribution is -2.47. The highest BCUT2D eigenvalue weighted by atomic mass is 16.5. The Morgan fingerprint density at radius 2 is 2.14 bits per heavy atom. The molecule has 0 N–H and O–H groups in total. The monoisotopic (exact) mass is 298 g/mol. The molecule has 22 heavy (non-hydrogen) atoms. The van der Waals surface area contributed by atoms with Gasteiger partial charge in [-0.3, -0.25) is 14.6 Å². The summed E-state index contributed by atoms with van der Waals surface area (Å²) in [5.74, 6) is 0. The van der Waals surface area contributed by atoms with E-state index in [4.69, 9.17) is 4.74 Å². The molecular weight excluding hydrogens is 276 g/mol. The molecule has 3 heterocycles. The quantitative estimate of drug-likeness (QED) is 0.850. The minimum Gasteiger partial charge on any atom is -0.373 e. The molecule has 5 heteroatoms. The highest BCUT2D eigenvalue weighted by Crippen LogP contribution is 2.30. The van der Waals surface area contributed by atoms with Crippen molar-refractivity contribution in [3.05, 3.63) is 48.0 Å². The molecule has 1 saturated carbocycles. The first-order valence-corrected chi connectivity index (χ1v) is 8.14. The molecule has 0 unspecified atom stereocenters. The van der Waals surface area contributed by atoms with Crippen LogP contribution in [0.5, 0.6) is 0 Å². The van der Waals surface area contributed by atoms with Gasteiger partial charge in [0, 0.05) is 31.5 Å². The van der Waals surface area contributed by atoms with Gasteiger partial charge in [-0.2, -0.15) is 5.10 Å². The van der Waals surface area contributed by atoms with Crippen molar-refractivity contribution in [2.45, 2.75) is 44.5 Å². The average molecular weight is 298 g/mol. The predicted molar refractivity (Wildman–Crippen MR) is 83.2 cm³/mol. The van der Waals surface area contributed by atoms with E-state index in [1.165, 1.54) is 25.0 Å². The maximum absolute atomic E-state index is 5.92. The summed E-state index contributed by atoms with van der Waals surface area (Å²) < 4.78 is 8.06. The van der Waals surface area contributed by atoms with E-state index < -0.39 is 0 Å². The van der Waals surface area contributed by atoms with Crippen molar-refractivity contribution in [1.82, 2.24) is 19.7 Å². The van der Waals surface area contributed by atoms with Gasteiger partial charge in [-0.05, 0) is 31.0 Å². The molecule has 1 aliphatic carbocycles. The van der Waals surface area contributed by atoms with Crippen LogP contribution in [0.2, 0.25) is 0 Å². The average Bonchev–Trinajstić information content (AvgIpc) is 2.95. The lowest BCUT2D eigenvalue weighted by atomic mass is 9.90. The smallest absolute Gasteiger partial charge is 0.0888 e. The van der Waals surface area contributed by atoms with Crippen LogP contribution in [0.1, 0.15) is 36.7 Å². The van der Waals surface area contributed by atoms with Gasteiger partial charge in [0.15, 0.2) is 0 Å². The Morgan fingerprint density at radius 3 is 2.91 bits per heavy atom. The Bertz CT molecular complexity index is 608. The Kier molecular flexibility index (Phi) is 3.91. The number of ether oxygens (including phenoxy) is 1. The number of hydrogen-bond donors (Lipinski definition) is 0. The van der Waals surface area contributed by atoms with Crippen LogP contribution in [-0.2, 0) is 17.9 Å². The summed E-state index contributed by atoms with van der Waals surface area (Å²) in [6.07, 6.45) is 7.78. The molecule has 1 aliphatic heterocycles. The SMILES string of the molecule is c1ccc(COC[C@@H]2CN(C3CCC3)Cc3ccnn32)nc1. The first-order valence-electron chi connectivity index (χ1n) is 8.14. The molecule has 2 aliphatic rings. The maximum Gasteiger partial charge on any atom is 0.0888 e. The fourth-order valence-electron chi connectivity index (χ4n) is 3.35. The van der Waals surface area contributed by atoms with E-state index in [1.807, 2.05) is 30.6 Å². The second-order valence-electron chi connectivity index (χ2n) is 6.27. The molecule has 116 valence electrons. The van der Waals surface area contributed by atoms with Gasteiger partial charge in [-0.1, -0.05) is 12.5 Å². The van der Waals surface area contributed by atoms with Gasteiger partial charge in [0.25, 0.3) is 0 Å².